The number of aromatic amines is 1. The average Bonchev–Trinajstić information content (AvgIpc) is 2.80. The molecule has 2 fully saturated rings. The van der Waals surface area contributed by atoms with Gasteiger partial charge in [0.2, 0.25) is 0 Å². The van der Waals surface area contributed by atoms with E-state index in [0.717, 1.165) is 69.6 Å². The van der Waals surface area contributed by atoms with E-state index in [-0.39, 0.29) is 16.5 Å². The standard InChI is InChI=1S/C21H29N7O2S/c22-19(31-21-26-17(13-18(29)27-21)28-10-8-24-9-11-28)15-2-1-3-16(12-15)25-20(30)14-4-6-23-7-5-14/h1-3,12-14,20,22-25,30H,4-11H2,(H,26,27,29). The van der Waals surface area contributed by atoms with Crippen molar-refractivity contribution in [2.24, 2.45) is 5.92 Å². The van der Waals surface area contributed by atoms with Crippen molar-refractivity contribution in [2.45, 2.75) is 24.2 Å². The molecular formula is C21H29N7O2S. The molecule has 3 heterocycles. The van der Waals surface area contributed by atoms with Gasteiger partial charge in [-0.2, -0.15) is 0 Å². The van der Waals surface area contributed by atoms with Gasteiger partial charge >= 0.3 is 0 Å². The highest BCUT2D eigenvalue weighted by Crippen LogP contribution is 2.24. The number of benzene rings is 1. The van der Waals surface area contributed by atoms with E-state index in [2.05, 4.69) is 30.8 Å². The molecule has 1 atom stereocenters. The van der Waals surface area contributed by atoms with Crippen LogP contribution in [0.1, 0.15) is 18.4 Å². The Labute approximate surface area is 185 Å². The first-order valence-corrected chi connectivity index (χ1v) is 11.5. The number of aliphatic hydroxyl groups is 1. The Morgan fingerprint density at radius 3 is 2.71 bits per heavy atom. The number of nitrogens with one attached hydrogen (secondary N) is 5. The van der Waals surface area contributed by atoms with Gasteiger partial charge in [-0.1, -0.05) is 12.1 Å². The summed E-state index contributed by atoms with van der Waals surface area (Å²) in [5, 5.41) is 29.5. The molecule has 2 saturated heterocycles. The van der Waals surface area contributed by atoms with E-state index in [9.17, 15) is 9.90 Å². The summed E-state index contributed by atoms with van der Waals surface area (Å²) in [6.45, 7) is 5.15. The van der Waals surface area contributed by atoms with Gasteiger partial charge in [0.25, 0.3) is 5.56 Å². The molecule has 0 radical (unpaired) electrons. The number of aliphatic hydroxyl groups excluding tert-OH is 1. The van der Waals surface area contributed by atoms with E-state index < -0.39 is 6.23 Å². The molecule has 10 heteroatoms. The van der Waals surface area contributed by atoms with Crippen LogP contribution < -0.4 is 26.4 Å². The van der Waals surface area contributed by atoms with Gasteiger partial charge in [0, 0.05) is 49.4 Å². The first-order valence-electron chi connectivity index (χ1n) is 10.7. The van der Waals surface area contributed by atoms with Crippen LogP contribution in [-0.4, -0.2) is 65.6 Å². The van der Waals surface area contributed by atoms with Crippen molar-refractivity contribution in [2.75, 3.05) is 49.5 Å². The van der Waals surface area contributed by atoms with Crippen LogP contribution in [0.5, 0.6) is 0 Å². The number of nitrogens with zero attached hydrogens (tertiary/aromatic N) is 2. The second-order valence-electron chi connectivity index (χ2n) is 7.83. The van der Waals surface area contributed by atoms with Gasteiger partial charge in [-0.3, -0.25) is 10.2 Å². The minimum Gasteiger partial charge on any atom is -0.374 e. The number of H-pyrrole nitrogens is 1. The van der Waals surface area contributed by atoms with E-state index >= 15 is 0 Å². The van der Waals surface area contributed by atoms with Gasteiger partial charge < -0.3 is 30.9 Å². The molecule has 1 aromatic heterocycles. The summed E-state index contributed by atoms with van der Waals surface area (Å²) in [5.41, 5.74) is 1.24. The number of rotatable bonds is 6. The van der Waals surface area contributed by atoms with Crippen LogP contribution in [0.3, 0.4) is 0 Å². The van der Waals surface area contributed by atoms with E-state index in [0.29, 0.717) is 16.5 Å². The van der Waals surface area contributed by atoms with Crippen LogP contribution in [0.4, 0.5) is 11.5 Å². The topological polar surface area (TPSA) is 129 Å². The van der Waals surface area contributed by atoms with Gasteiger partial charge in [0.15, 0.2) is 5.16 Å². The number of piperidine rings is 1. The predicted octanol–water partition coefficient (Wildman–Crippen LogP) is 1.03. The van der Waals surface area contributed by atoms with Crippen molar-refractivity contribution in [1.29, 1.82) is 5.41 Å². The molecule has 166 valence electrons. The minimum absolute atomic E-state index is 0.209. The van der Waals surface area contributed by atoms with Crippen LogP contribution in [0.25, 0.3) is 0 Å². The van der Waals surface area contributed by atoms with Gasteiger partial charge in [0.05, 0.1) is 0 Å². The first kappa shape index (κ1) is 21.8. The maximum atomic E-state index is 12.1. The van der Waals surface area contributed by atoms with Gasteiger partial charge in [0.1, 0.15) is 17.1 Å². The molecule has 0 saturated carbocycles. The summed E-state index contributed by atoms with van der Waals surface area (Å²) < 4.78 is 0. The van der Waals surface area contributed by atoms with Crippen molar-refractivity contribution in [1.82, 2.24) is 20.6 Å². The number of anilines is 2. The lowest BCUT2D eigenvalue weighted by molar-refractivity contribution is 0.113. The fraction of sp³-hybridized carbons (Fsp3) is 0.476. The SMILES string of the molecule is N=C(Sc1nc(N2CCNCC2)cc(=O)[nH]1)c1cccc(NC(O)C2CCNCC2)c1. The van der Waals surface area contributed by atoms with E-state index in [1.165, 1.54) is 6.07 Å². The molecule has 0 bridgehead atoms. The summed E-state index contributed by atoms with van der Waals surface area (Å²) in [6.07, 6.45) is 1.25. The molecule has 31 heavy (non-hydrogen) atoms. The number of hydrogen-bond acceptors (Lipinski definition) is 9. The number of aromatic nitrogens is 2. The molecule has 9 nitrogen and oxygen atoms in total. The molecule has 0 aliphatic carbocycles. The summed E-state index contributed by atoms with van der Waals surface area (Å²) in [7, 11) is 0. The summed E-state index contributed by atoms with van der Waals surface area (Å²) in [6, 6.07) is 8.94. The maximum absolute atomic E-state index is 12.1. The molecule has 0 spiro atoms. The number of hydrogen-bond donors (Lipinski definition) is 6. The normalized spacial score (nSPS) is 18.5. The molecule has 2 aliphatic heterocycles. The molecule has 1 unspecified atom stereocenters. The molecule has 4 rings (SSSR count). The quantitative estimate of drug-likeness (QED) is 0.128. The average molecular weight is 444 g/mol. The van der Waals surface area contributed by atoms with Gasteiger partial charge in [-0.25, -0.2) is 4.98 Å². The van der Waals surface area contributed by atoms with Crippen molar-refractivity contribution in [3.8, 4) is 0 Å². The largest absolute Gasteiger partial charge is 0.374 e. The molecule has 0 amide bonds. The second-order valence-corrected chi connectivity index (χ2v) is 8.83. The number of piperazine rings is 1. The monoisotopic (exact) mass is 443 g/mol. The Balaban J connectivity index is 1.43. The minimum atomic E-state index is -0.618. The smallest absolute Gasteiger partial charge is 0.253 e. The highest BCUT2D eigenvalue weighted by atomic mass is 32.2. The van der Waals surface area contributed by atoms with Crippen molar-refractivity contribution < 1.29 is 5.11 Å². The Morgan fingerprint density at radius 1 is 1.19 bits per heavy atom. The fourth-order valence-electron chi connectivity index (χ4n) is 3.88. The fourth-order valence-corrected chi connectivity index (χ4v) is 4.61. The predicted molar refractivity (Wildman–Crippen MR) is 124 cm³/mol. The Morgan fingerprint density at radius 2 is 1.94 bits per heavy atom. The lowest BCUT2D eigenvalue weighted by Crippen LogP contribution is -2.44. The van der Waals surface area contributed by atoms with Crippen molar-refractivity contribution in [3.63, 3.8) is 0 Å². The van der Waals surface area contributed by atoms with Crippen LogP contribution >= 0.6 is 11.8 Å². The van der Waals surface area contributed by atoms with E-state index in [1.54, 1.807) is 0 Å². The summed E-state index contributed by atoms with van der Waals surface area (Å²) >= 11 is 1.12. The van der Waals surface area contributed by atoms with Crippen LogP contribution in [0.15, 0.2) is 40.3 Å². The Kier molecular flexibility index (Phi) is 7.23. The van der Waals surface area contributed by atoms with Crippen LogP contribution in [-0.2, 0) is 0 Å². The zero-order chi connectivity index (χ0) is 21.6. The lowest BCUT2D eigenvalue weighted by Gasteiger charge is -2.28. The third-order valence-electron chi connectivity index (χ3n) is 5.62. The summed E-state index contributed by atoms with van der Waals surface area (Å²) in [4.78, 5) is 21.5. The lowest BCUT2D eigenvalue weighted by atomic mass is 9.96. The molecule has 2 aromatic rings. The van der Waals surface area contributed by atoms with Crippen molar-refractivity contribution in [3.05, 3.63) is 46.2 Å². The summed E-state index contributed by atoms with van der Waals surface area (Å²) in [5.74, 6) is 0.849. The first-order chi connectivity index (χ1) is 15.1. The highest BCUT2D eigenvalue weighted by molar-refractivity contribution is 8.14. The van der Waals surface area contributed by atoms with Crippen molar-refractivity contribution >= 4 is 28.3 Å². The zero-order valence-corrected chi connectivity index (χ0v) is 18.2. The third kappa shape index (κ3) is 5.85. The molecular weight excluding hydrogens is 414 g/mol. The van der Waals surface area contributed by atoms with E-state index in [1.807, 2.05) is 24.3 Å². The molecule has 2 aliphatic rings. The second kappa shape index (κ2) is 10.3. The molecule has 6 N–H and O–H groups in total. The van der Waals surface area contributed by atoms with Crippen LogP contribution in [0.2, 0.25) is 0 Å². The zero-order valence-electron chi connectivity index (χ0n) is 17.4. The van der Waals surface area contributed by atoms with Gasteiger partial charge in [-0.05, 0) is 49.8 Å². The Bertz CT molecular complexity index is 955. The van der Waals surface area contributed by atoms with E-state index in [4.69, 9.17) is 5.41 Å². The third-order valence-corrected chi connectivity index (χ3v) is 6.44. The maximum Gasteiger partial charge on any atom is 0.253 e. The highest BCUT2D eigenvalue weighted by Gasteiger charge is 2.21. The molecule has 1 aromatic carbocycles. The van der Waals surface area contributed by atoms with Gasteiger partial charge in [-0.15, -0.1) is 0 Å². The van der Waals surface area contributed by atoms with Crippen LogP contribution in [0, 0.1) is 11.3 Å². The number of thioether (sulfide) groups is 1. The Hall–Kier alpha value is -2.40.